The van der Waals surface area contributed by atoms with Crippen LogP contribution in [0.15, 0.2) is 36.5 Å². The molecule has 1 atom stereocenters. The van der Waals surface area contributed by atoms with Crippen molar-refractivity contribution >= 4 is 0 Å². The lowest BCUT2D eigenvalue weighted by Gasteiger charge is -2.20. The molecular weight excluding hydrogens is 234 g/mol. The predicted molar refractivity (Wildman–Crippen MR) is 77.8 cm³/mol. The molecule has 1 aromatic heterocycles. The van der Waals surface area contributed by atoms with Crippen LogP contribution in [-0.4, -0.2) is 9.67 Å². The monoisotopic (exact) mass is 255 g/mol. The predicted octanol–water partition coefficient (Wildman–Crippen LogP) is 3.97. The molecule has 2 aromatic rings. The Labute approximate surface area is 114 Å². The molecule has 19 heavy (non-hydrogen) atoms. The van der Waals surface area contributed by atoms with E-state index in [-0.39, 0.29) is 6.10 Å². The van der Waals surface area contributed by atoms with Gasteiger partial charge in [-0.05, 0) is 48.9 Å². The molecule has 1 heterocycles. The van der Waals surface area contributed by atoms with Crippen LogP contribution in [0.5, 0.6) is 0 Å². The second-order valence-electron chi connectivity index (χ2n) is 5.74. The van der Waals surface area contributed by atoms with Gasteiger partial charge in [0.15, 0.2) is 0 Å². The average Bonchev–Trinajstić information content (AvgIpc) is 2.84. The average molecular weight is 255 g/mol. The molecule has 0 amide bonds. The first-order valence-corrected chi connectivity index (χ1v) is 7.15. The van der Waals surface area contributed by atoms with Gasteiger partial charge in [0, 0.05) is 23.1 Å². The number of aromatic nitrogens is 1. The Morgan fingerprint density at radius 2 is 1.89 bits per heavy atom. The van der Waals surface area contributed by atoms with Crippen LogP contribution in [0.25, 0.3) is 5.69 Å². The number of nitrogens with zero attached hydrogens (tertiary/aromatic N) is 1. The second-order valence-corrected chi connectivity index (χ2v) is 5.74. The lowest BCUT2D eigenvalue weighted by molar-refractivity contribution is 0.156. The summed E-state index contributed by atoms with van der Waals surface area (Å²) in [5, 5.41) is 10.0. The molecule has 1 unspecified atom stereocenters. The first kappa shape index (κ1) is 12.5. The van der Waals surface area contributed by atoms with Crippen LogP contribution in [0.1, 0.15) is 55.5 Å². The van der Waals surface area contributed by atoms with E-state index in [9.17, 15) is 5.11 Å². The van der Waals surface area contributed by atoms with Gasteiger partial charge in [-0.2, -0.15) is 0 Å². The number of benzene rings is 1. The fourth-order valence-electron chi connectivity index (χ4n) is 2.93. The Morgan fingerprint density at radius 3 is 2.58 bits per heavy atom. The van der Waals surface area contributed by atoms with Crippen LogP contribution < -0.4 is 0 Å². The van der Waals surface area contributed by atoms with Crippen LogP contribution in [0, 0.1) is 0 Å². The molecule has 0 radical (unpaired) electrons. The van der Waals surface area contributed by atoms with E-state index in [1.54, 1.807) is 0 Å². The van der Waals surface area contributed by atoms with Gasteiger partial charge in [-0.1, -0.05) is 26.0 Å². The van der Waals surface area contributed by atoms with Gasteiger partial charge in [0.2, 0.25) is 0 Å². The SMILES string of the molecule is CC(C)c1ccc(-n2ccc3c2CCCC3O)cc1. The summed E-state index contributed by atoms with van der Waals surface area (Å²) in [5.74, 6) is 0.564. The topological polar surface area (TPSA) is 25.2 Å². The summed E-state index contributed by atoms with van der Waals surface area (Å²) in [5.41, 5.74) is 4.94. The highest BCUT2D eigenvalue weighted by atomic mass is 16.3. The van der Waals surface area contributed by atoms with Crippen molar-refractivity contribution in [3.8, 4) is 5.69 Å². The highest BCUT2D eigenvalue weighted by Crippen LogP contribution is 2.32. The van der Waals surface area contributed by atoms with Crippen LogP contribution in [0.4, 0.5) is 0 Å². The molecule has 3 rings (SSSR count). The van der Waals surface area contributed by atoms with Crippen molar-refractivity contribution in [1.82, 2.24) is 4.57 Å². The van der Waals surface area contributed by atoms with E-state index in [2.05, 4.69) is 54.9 Å². The lowest BCUT2D eigenvalue weighted by Crippen LogP contribution is -2.11. The summed E-state index contributed by atoms with van der Waals surface area (Å²) < 4.78 is 2.22. The molecule has 0 bridgehead atoms. The van der Waals surface area contributed by atoms with E-state index in [0.29, 0.717) is 5.92 Å². The Hall–Kier alpha value is -1.54. The van der Waals surface area contributed by atoms with E-state index < -0.39 is 0 Å². The summed E-state index contributed by atoms with van der Waals surface area (Å²) in [6.45, 7) is 4.42. The Kier molecular flexibility index (Phi) is 3.19. The zero-order chi connectivity index (χ0) is 13.4. The van der Waals surface area contributed by atoms with Gasteiger partial charge in [-0.3, -0.25) is 0 Å². The molecule has 0 saturated carbocycles. The molecule has 0 saturated heterocycles. The van der Waals surface area contributed by atoms with Gasteiger partial charge >= 0.3 is 0 Å². The van der Waals surface area contributed by atoms with E-state index in [1.165, 1.54) is 16.9 Å². The van der Waals surface area contributed by atoms with Gasteiger partial charge in [0.25, 0.3) is 0 Å². The van der Waals surface area contributed by atoms with Crippen molar-refractivity contribution in [1.29, 1.82) is 0 Å². The van der Waals surface area contributed by atoms with E-state index in [1.807, 2.05) is 0 Å². The van der Waals surface area contributed by atoms with E-state index in [0.717, 1.165) is 24.8 Å². The van der Waals surface area contributed by atoms with E-state index in [4.69, 9.17) is 0 Å². The summed E-state index contributed by atoms with van der Waals surface area (Å²) in [7, 11) is 0. The number of aliphatic hydroxyl groups excluding tert-OH is 1. The summed E-state index contributed by atoms with van der Waals surface area (Å²) in [4.78, 5) is 0. The maximum Gasteiger partial charge on any atom is 0.0807 e. The molecule has 1 aliphatic carbocycles. The van der Waals surface area contributed by atoms with Crippen molar-refractivity contribution in [2.75, 3.05) is 0 Å². The third kappa shape index (κ3) is 2.21. The highest BCUT2D eigenvalue weighted by molar-refractivity contribution is 5.41. The zero-order valence-corrected chi connectivity index (χ0v) is 11.6. The minimum absolute atomic E-state index is 0.278. The molecule has 0 spiro atoms. The quantitative estimate of drug-likeness (QED) is 0.863. The first-order valence-electron chi connectivity index (χ1n) is 7.15. The van der Waals surface area contributed by atoms with Crippen molar-refractivity contribution in [3.05, 3.63) is 53.3 Å². The van der Waals surface area contributed by atoms with Gasteiger partial charge in [0.1, 0.15) is 0 Å². The molecule has 100 valence electrons. The van der Waals surface area contributed by atoms with Gasteiger partial charge < -0.3 is 9.67 Å². The smallest absolute Gasteiger partial charge is 0.0807 e. The summed E-state index contributed by atoms with van der Waals surface area (Å²) in [6.07, 6.45) is 4.83. The van der Waals surface area contributed by atoms with E-state index >= 15 is 0 Å². The molecule has 0 aliphatic heterocycles. The third-order valence-electron chi connectivity index (χ3n) is 4.12. The largest absolute Gasteiger partial charge is 0.388 e. The minimum Gasteiger partial charge on any atom is -0.388 e. The molecule has 1 aliphatic rings. The standard InChI is InChI=1S/C17H21NO/c1-12(2)13-6-8-14(9-7-13)18-11-10-15-16(18)4-3-5-17(15)19/h6-12,17,19H,3-5H2,1-2H3. The molecular formula is C17H21NO. The van der Waals surface area contributed by atoms with Crippen LogP contribution in [0.2, 0.25) is 0 Å². The number of fused-ring (bicyclic) bond motifs is 1. The van der Waals surface area contributed by atoms with Gasteiger partial charge in [0.05, 0.1) is 6.10 Å². The number of hydrogen-bond acceptors (Lipinski definition) is 1. The fraction of sp³-hybridized carbons (Fsp3) is 0.412. The molecule has 1 aromatic carbocycles. The second kappa shape index (κ2) is 4.86. The Morgan fingerprint density at radius 1 is 1.16 bits per heavy atom. The van der Waals surface area contributed by atoms with Crippen molar-refractivity contribution in [2.45, 2.75) is 45.1 Å². The number of rotatable bonds is 2. The maximum absolute atomic E-state index is 10.0. The van der Waals surface area contributed by atoms with Crippen molar-refractivity contribution < 1.29 is 5.11 Å². The zero-order valence-electron chi connectivity index (χ0n) is 11.6. The first-order chi connectivity index (χ1) is 9.16. The van der Waals surface area contributed by atoms with Gasteiger partial charge in [-0.25, -0.2) is 0 Å². The molecule has 0 fully saturated rings. The maximum atomic E-state index is 10.0. The lowest BCUT2D eigenvalue weighted by atomic mass is 9.95. The summed E-state index contributed by atoms with van der Waals surface area (Å²) >= 11 is 0. The normalized spacial score (nSPS) is 18.6. The van der Waals surface area contributed by atoms with Crippen molar-refractivity contribution in [2.24, 2.45) is 0 Å². The van der Waals surface area contributed by atoms with Crippen LogP contribution in [0.3, 0.4) is 0 Å². The summed E-state index contributed by atoms with van der Waals surface area (Å²) in [6, 6.07) is 10.8. The fourth-order valence-corrected chi connectivity index (χ4v) is 2.93. The Balaban J connectivity index is 1.98. The minimum atomic E-state index is -0.278. The Bertz CT molecular complexity index is 565. The molecule has 2 heteroatoms. The van der Waals surface area contributed by atoms with Crippen LogP contribution >= 0.6 is 0 Å². The third-order valence-corrected chi connectivity index (χ3v) is 4.12. The number of aliphatic hydroxyl groups is 1. The van der Waals surface area contributed by atoms with Gasteiger partial charge in [-0.15, -0.1) is 0 Å². The van der Waals surface area contributed by atoms with Crippen LogP contribution in [-0.2, 0) is 6.42 Å². The molecule has 2 nitrogen and oxygen atoms in total. The molecule has 1 N–H and O–H groups in total. The number of hydrogen-bond donors (Lipinski definition) is 1. The highest BCUT2D eigenvalue weighted by Gasteiger charge is 2.21. The van der Waals surface area contributed by atoms with Crippen molar-refractivity contribution in [3.63, 3.8) is 0 Å².